The van der Waals surface area contributed by atoms with Gasteiger partial charge >= 0.3 is 0 Å². The van der Waals surface area contributed by atoms with Gasteiger partial charge < -0.3 is 20.9 Å². The van der Waals surface area contributed by atoms with E-state index >= 15 is 0 Å². The Morgan fingerprint density at radius 2 is 1.97 bits per heavy atom. The molecule has 0 saturated carbocycles. The van der Waals surface area contributed by atoms with E-state index in [-0.39, 0.29) is 5.41 Å². The summed E-state index contributed by atoms with van der Waals surface area (Å²) in [6, 6.07) is 6.44. The van der Waals surface area contributed by atoms with Gasteiger partial charge in [0.25, 0.3) is 0 Å². The quantitative estimate of drug-likeness (QED) is 0.492. The number of rotatable bonds is 7. The van der Waals surface area contributed by atoms with Crippen LogP contribution in [0.5, 0.6) is 0 Å². The van der Waals surface area contributed by atoms with E-state index in [0.29, 0.717) is 29.7 Å². The molecule has 0 aliphatic carbocycles. The monoisotopic (exact) mass is 464 g/mol. The molecule has 4 N–H and O–H groups in total. The van der Waals surface area contributed by atoms with Crippen LogP contribution >= 0.6 is 0 Å². The van der Waals surface area contributed by atoms with E-state index in [1.807, 2.05) is 26.2 Å². The molecule has 10 nitrogen and oxygen atoms in total. The molecule has 1 atom stereocenters. The number of hydrazine groups is 1. The van der Waals surface area contributed by atoms with E-state index in [0.717, 1.165) is 48.7 Å². The molecule has 0 spiro atoms. The zero-order valence-corrected chi connectivity index (χ0v) is 21.0. The second kappa shape index (κ2) is 9.46. The lowest BCUT2D eigenvalue weighted by Gasteiger charge is -2.27. The van der Waals surface area contributed by atoms with Crippen molar-refractivity contribution in [2.75, 3.05) is 49.3 Å². The number of benzene rings is 1. The number of aliphatic imine (C=N–C) groups is 1. The molecule has 2 aliphatic heterocycles. The van der Waals surface area contributed by atoms with Crippen LogP contribution in [0.4, 0.5) is 23.5 Å². The molecular weight excluding hydrogens is 428 g/mol. The molecule has 0 amide bonds. The number of hydrogen-bond donors (Lipinski definition) is 4. The molecule has 1 aromatic heterocycles. The number of anilines is 4. The predicted molar refractivity (Wildman–Crippen MR) is 138 cm³/mol. The van der Waals surface area contributed by atoms with Crippen molar-refractivity contribution in [3.63, 3.8) is 0 Å². The maximum Gasteiger partial charge on any atom is 0.233 e. The van der Waals surface area contributed by atoms with Crippen LogP contribution in [0.3, 0.4) is 0 Å². The van der Waals surface area contributed by atoms with Crippen molar-refractivity contribution in [3.05, 3.63) is 41.7 Å². The highest BCUT2D eigenvalue weighted by atomic mass is 15.6. The van der Waals surface area contributed by atoms with Crippen molar-refractivity contribution in [3.8, 4) is 0 Å². The maximum absolute atomic E-state index is 4.75. The van der Waals surface area contributed by atoms with Crippen molar-refractivity contribution in [2.24, 2.45) is 10.4 Å². The minimum Gasteiger partial charge on any atom is -0.350 e. The molecule has 1 saturated heterocycles. The Bertz CT molecular complexity index is 1080. The molecule has 34 heavy (non-hydrogen) atoms. The summed E-state index contributed by atoms with van der Waals surface area (Å²) in [7, 11) is 3.91. The van der Waals surface area contributed by atoms with Gasteiger partial charge in [-0.15, -0.1) is 0 Å². The molecule has 10 heteroatoms. The number of aromatic nitrogens is 3. The van der Waals surface area contributed by atoms with Crippen LogP contribution in [0.2, 0.25) is 0 Å². The van der Waals surface area contributed by atoms with Crippen LogP contribution in [-0.2, 0) is 0 Å². The molecule has 2 aromatic rings. The van der Waals surface area contributed by atoms with Crippen molar-refractivity contribution in [2.45, 2.75) is 40.2 Å². The molecule has 1 aromatic carbocycles. The van der Waals surface area contributed by atoms with Crippen LogP contribution in [0.25, 0.3) is 0 Å². The average Bonchev–Trinajstić information content (AvgIpc) is 3.38. The van der Waals surface area contributed by atoms with Crippen LogP contribution in [0.1, 0.15) is 38.3 Å². The molecule has 0 radical (unpaired) electrons. The minimum atomic E-state index is 0.106. The SMILES string of the molecule is C=C1N=C(c2ccc(C)c(Nc3nc(N[C@@H]4CCNC4)nc(N(C)CC(C)(C)C)n3)c2)NN1C. The number of hydrogen-bond acceptors (Lipinski definition) is 10. The standard InChI is InChI=1S/C24H36N10/c1-15-8-9-17(20-26-16(2)34(7)32-20)12-19(15)28-22-29-21(27-18-10-11-25-13-18)30-23(31-22)33(6)14-24(3,4)5/h8-9,12,18,25H,2,10-11,13-14H2,1,3-7H3,(H,26,32)(H2,27,28,29,30,31)/t18-/m1/s1. The van der Waals surface area contributed by atoms with Gasteiger partial charge in [0.2, 0.25) is 17.8 Å². The summed E-state index contributed by atoms with van der Waals surface area (Å²) < 4.78 is 0. The summed E-state index contributed by atoms with van der Waals surface area (Å²) in [4.78, 5) is 20.7. The van der Waals surface area contributed by atoms with Gasteiger partial charge in [-0.2, -0.15) is 15.0 Å². The fraction of sp³-hybridized carbons (Fsp3) is 0.500. The summed E-state index contributed by atoms with van der Waals surface area (Å²) in [5.41, 5.74) is 6.26. The number of amidine groups is 1. The van der Waals surface area contributed by atoms with Crippen molar-refractivity contribution < 1.29 is 0 Å². The summed E-state index contributed by atoms with van der Waals surface area (Å²) in [5.74, 6) is 3.14. The van der Waals surface area contributed by atoms with Gasteiger partial charge in [-0.05, 0) is 36.9 Å². The third kappa shape index (κ3) is 5.74. The summed E-state index contributed by atoms with van der Waals surface area (Å²) in [5, 5.41) is 12.1. The Hall–Kier alpha value is -3.40. The summed E-state index contributed by atoms with van der Waals surface area (Å²) in [6.45, 7) is 15.3. The fourth-order valence-corrected chi connectivity index (χ4v) is 4.00. The first kappa shape index (κ1) is 23.7. The van der Waals surface area contributed by atoms with Crippen molar-refractivity contribution in [1.82, 2.24) is 30.7 Å². The lowest BCUT2D eigenvalue weighted by Crippen LogP contribution is -2.32. The molecule has 182 valence electrons. The highest BCUT2D eigenvalue weighted by Gasteiger charge is 2.21. The van der Waals surface area contributed by atoms with Gasteiger partial charge in [-0.1, -0.05) is 39.5 Å². The number of aryl methyl sites for hydroxylation is 1. The van der Waals surface area contributed by atoms with E-state index < -0.39 is 0 Å². The molecule has 4 rings (SSSR count). The van der Waals surface area contributed by atoms with E-state index in [4.69, 9.17) is 15.0 Å². The van der Waals surface area contributed by atoms with E-state index in [1.165, 1.54) is 0 Å². The van der Waals surface area contributed by atoms with Gasteiger partial charge in [-0.25, -0.2) is 4.99 Å². The largest absolute Gasteiger partial charge is 0.350 e. The molecular formula is C24H36N10. The third-order valence-electron chi connectivity index (χ3n) is 5.73. The normalized spacial score (nSPS) is 18.1. The molecule has 0 unspecified atom stereocenters. The van der Waals surface area contributed by atoms with Crippen LogP contribution in [-0.4, -0.2) is 65.6 Å². The van der Waals surface area contributed by atoms with Crippen LogP contribution < -0.4 is 26.3 Å². The maximum atomic E-state index is 4.75. The first-order chi connectivity index (χ1) is 16.1. The second-order valence-electron chi connectivity index (χ2n) is 10.2. The molecule has 2 aliphatic rings. The highest BCUT2D eigenvalue weighted by molar-refractivity contribution is 6.01. The lowest BCUT2D eigenvalue weighted by molar-refractivity contribution is 0.395. The van der Waals surface area contributed by atoms with Gasteiger partial charge in [-0.3, -0.25) is 10.4 Å². The zero-order chi connectivity index (χ0) is 24.5. The van der Waals surface area contributed by atoms with Crippen LogP contribution in [0.15, 0.2) is 35.6 Å². The summed E-state index contributed by atoms with van der Waals surface area (Å²) >= 11 is 0. The Balaban J connectivity index is 1.63. The minimum absolute atomic E-state index is 0.106. The topological polar surface area (TPSA) is 106 Å². The van der Waals surface area contributed by atoms with Crippen molar-refractivity contribution in [1.29, 1.82) is 0 Å². The predicted octanol–water partition coefficient (Wildman–Crippen LogP) is 2.85. The number of nitrogens with zero attached hydrogens (tertiary/aromatic N) is 6. The zero-order valence-electron chi connectivity index (χ0n) is 21.0. The fourth-order valence-electron chi connectivity index (χ4n) is 4.00. The van der Waals surface area contributed by atoms with Crippen LogP contribution in [0, 0.1) is 12.3 Å². The smallest absolute Gasteiger partial charge is 0.233 e. The Kier molecular flexibility index (Phi) is 6.60. The van der Waals surface area contributed by atoms with Gasteiger partial charge in [0.05, 0.1) is 0 Å². The molecule has 0 bridgehead atoms. The van der Waals surface area contributed by atoms with Gasteiger partial charge in [0.1, 0.15) is 5.82 Å². The third-order valence-corrected chi connectivity index (χ3v) is 5.73. The van der Waals surface area contributed by atoms with E-state index in [1.54, 1.807) is 5.01 Å². The first-order valence-electron chi connectivity index (χ1n) is 11.7. The lowest BCUT2D eigenvalue weighted by atomic mass is 9.96. The van der Waals surface area contributed by atoms with Gasteiger partial charge in [0, 0.05) is 44.5 Å². The molecule has 3 heterocycles. The van der Waals surface area contributed by atoms with Gasteiger partial charge in [0.15, 0.2) is 5.84 Å². The molecule has 1 fully saturated rings. The first-order valence-corrected chi connectivity index (χ1v) is 11.7. The highest BCUT2D eigenvalue weighted by Crippen LogP contribution is 2.25. The number of nitrogens with one attached hydrogen (secondary N) is 4. The Morgan fingerprint density at radius 3 is 2.62 bits per heavy atom. The summed E-state index contributed by atoms with van der Waals surface area (Å²) in [6.07, 6.45) is 1.04. The van der Waals surface area contributed by atoms with Crippen molar-refractivity contribution >= 4 is 29.4 Å². The van der Waals surface area contributed by atoms with E-state index in [9.17, 15) is 0 Å². The Labute approximate surface area is 202 Å². The van der Waals surface area contributed by atoms with E-state index in [2.05, 4.69) is 71.6 Å². The average molecular weight is 465 g/mol. The Morgan fingerprint density at radius 1 is 1.21 bits per heavy atom. The second-order valence-corrected chi connectivity index (χ2v) is 10.2.